The second-order valence-electron chi connectivity index (χ2n) is 2.42. The van der Waals surface area contributed by atoms with E-state index in [2.05, 4.69) is 9.36 Å². The van der Waals surface area contributed by atoms with E-state index in [9.17, 15) is 8.42 Å². The van der Waals surface area contributed by atoms with Crippen LogP contribution in [0.2, 0.25) is 5.28 Å². The topological polar surface area (TPSA) is 59.9 Å². The van der Waals surface area contributed by atoms with E-state index in [0.29, 0.717) is 0 Å². The summed E-state index contributed by atoms with van der Waals surface area (Å²) >= 11 is 6.20. The zero-order chi connectivity index (χ0) is 9.35. The smallest absolute Gasteiger partial charge is 0.221 e. The summed E-state index contributed by atoms with van der Waals surface area (Å²) in [5.74, 6) is 0. The minimum absolute atomic E-state index is 0.0116. The van der Waals surface area contributed by atoms with Crippen molar-refractivity contribution in [2.75, 3.05) is 0 Å². The molecule has 0 radical (unpaired) electrons. The Labute approximate surface area is 79.7 Å². The van der Waals surface area contributed by atoms with E-state index in [-0.39, 0.29) is 9.62 Å². The lowest BCUT2D eigenvalue weighted by atomic mass is 10.6. The molecule has 4 nitrogen and oxygen atoms in total. The summed E-state index contributed by atoms with van der Waals surface area (Å²) in [5, 5.41) is -0.499. The van der Waals surface area contributed by atoms with Crippen LogP contribution in [0.4, 0.5) is 0 Å². The average Bonchev–Trinajstić information content (AvgIpc) is 2.35. The van der Waals surface area contributed by atoms with Gasteiger partial charge in [-0.1, -0.05) is 0 Å². The molecule has 0 fully saturated rings. The number of hydrogen-bond donors (Lipinski definition) is 0. The van der Waals surface area contributed by atoms with Crippen molar-refractivity contribution in [1.82, 2.24) is 9.36 Å². The summed E-state index contributed by atoms with van der Waals surface area (Å²) in [7, 11) is -3.30. The molecule has 0 saturated carbocycles. The van der Waals surface area contributed by atoms with Gasteiger partial charge in [-0.15, -0.1) is 0 Å². The molecular formula is C5H7ClN2O2S2. The minimum atomic E-state index is -3.30. The first-order chi connectivity index (χ1) is 5.44. The Morgan fingerprint density at radius 3 is 2.42 bits per heavy atom. The van der Waals surface area contributed by atoms with Gasteiger partial charge in [-0.05, 0) is 37.0 Å². The van der Waals surface area contributed by atoms with Crippen LogP contribution in [-0.2, 0) is 9.84 Å². The monoisotopic (exact) mass is 226 g/mol. The van der Waals surface area contributed by atoms with Gasteiger partial charge in [-0.3, -0.25) is 0 Å². The molecule has 1 aromatic rings. The van der Waals surface area contributed by atoms with Gasteiger partial charge < -0.3 is 0 Å². The summed E-state index contributed by atoms with van der Waals surface area (Å²) in [4.78, 5) is 3.59. The molecule has 0 atom stereocenters. The second-order valence-corrected chi connectivity index (χ2v) is 6.19. The molecule has 68 valence electrons. The van der Waals surface area contributed by atoms with E-state index < -0.39 is 15.1 Å². The van der Waals surface area contributed by atoms with Crippen molar-refractivity contribution in [3.8, 4) is 0 Å². The maximum Gasteiger partial charge on any atom is 0.235 e. The van der Waals surface area contributed by atoms with Gasteiger partial charge in [0.1, 0.15) is 0 Å². The lowest BCUT2D eigenvalue weighted by Crippen LogP contribution is -2.13. The molecule has 1 rings (SSSR count). The van der Waals surface area contributed by atoms with Crippen LogP contribution in [0.15, 0.2) is 4.34 Å². The molecule has 0 aliphatic carbocycles. The third kappa shape index (κ3) is 1.75. The van der Waals surface area contributed by atoms with E-state index >= 15 is 0 Å². The van der Waals surface area contributed by atoms with Crippen LogP contribution in [0.5, 0.6) is 0 Å². The van der Waals surface area contributed by atoms with Crippen molar-refractivity contribution in [3.63, 3.8) is 0 Å². The van der Waals surface area contributed by atoms with E-state index in [1.807, 2.05) is 0 Å². The predicted octanol–water partition coefficient (Wildman–Crippen LogP) is 1.37. The van der Waals surface area contributed by atoms with Gasteiger partial charge in [0.25, 0.3) is 0 Å². The lowest BCUT2D eigenvalue weighted by molar-refractivity contribution is 0.586. The third-order valence-corrected chi connectivity index (χ3v) is 4.77. The summed E-state index contributed by atoms with van der Waals surface area (Å²) in [5.41, 5.74) is 0. The van der Waals surface area contributed by atoms with E-state index in [4.69, 9.17) is 11.6 Å². The highest BCUT2D eigenvalue weighted by Gasteiger charge is 2.23. The third-order valence-electron chi connectivity index (χ3n) is 1.25. The number of aromatic nitrogens is 2. The number of sulfone groups is 1. The quantitative estimate of drug-likeness (QED) is 0.764. The Balaban J connectivity index is 3.15. The van der Waals surface area contributed by atoms with Crippen molar-refractivity contribution in [3.05, 3.63) is 5.28 Å². The van der Waals surface area contributed by atoms with Gasteiger partial charge in [-0.2, -0.15) is 9.36 Å². The predicted molar refractivity (Wildman–Crippen MR) is 47.2 cm³/mol. The number of halogens is 1. The molecule has 1 heterocycles. The average molecular weight is 227 g/mol. The molecule has 0 spiro atoms. The number of nitrogens with zero attached hydrogens (tertiary/aromatic N) is 2. The fourth-order valence-electron chi connectivity index (χ4n) is 0.510. The van der Waals surface area contributed by atoms with Crippen LogP contribution >= 0.6 is 23.1 Å². The first-order valence-corrected chi connectivity index (χ1v) is 5.87. The van der Waals surface area contributed by atoms with Crippen LogP contribution in [0, 0.1) is 0 Å². The Morgan fingerprint density at radius 1 is 1.50 bits per heavy atom. The van der Waals surface area contributed by atoms with Crippen molar-refractivity contribution >= 4 is 33.0 Å². The van der Waals surface area contributed by atoms with Gasteiger partial charge in [0.2, 0.25) is 19.5 Å². The molecular weight excluding hydrogens is 220 g/mol. The molecule has 0 unspecified atom stereocenters. The van der Waals surface area contributed by atoms with E-state index in [1.54, 1.807) is 13.8 Å². The zero-order valence-corrected chi connectivity index (χ0v) is 8.87. The fourth-order valence-corrected chi connectivity index (χ4v) is 2.84. The molecule has 0 N–H and O–H groups in total. The maximum absolute atomic E-state index is 11.4. The fraction of sp³-hybridized carbons (Fsp3) is 0.600. The van der Waals surface area contributed by atoms with Crippen LogP contribution < -0.4 is 0 Å². The van der Waals surface area contributed by atoms with Gasteiger partial charge in [-0.25, -0.2) is 8.42 Å². The van der Waals surface area contributed by atoms with Crippen LogP contribution in [0.25, 0.3) is 0 Å². The first kappa shape index (κ1) is 9.88. The Bertz CT molecular complexity index is 371. The molecule has 12 heavy (non-hydrogen) atoms. The summed E-state index contributed by atoms with van der Waals surface area (Å²) < 4.78 is 26.4. The standard InChI is InChI=1S/C5H7ClN2O2S2/c1-3(2)12(9,10)5-7-4(6)8-11-5/h3H,1-2H3. The Hall–Kier alpha value is -0.200. The molecule has 0 amide bonds. The molecule has 7 heteroatoms. The lowest BCUT2D eigenvalue weighted by Gasteiger charge is -2.01. The highest BCUT2D eigenvalue weighted by atomic mass is 35.5. The molecule has 0 aromatic carbocycles. The SMILES string of the molecule is CC(C)S(=O)(=O)c1nc(Cl)ns1. The van der Waals surface area contributed by atoms with Crippen molar-refractivity contribution in [2.45, 2.75) is 23.4 Å². The summed E-state index contributed by atoms with van der Waals surface area (Å²) in [6.45, 7) is 3.18. The maximum atomic E-state index is 11.4. The second kappa shape index (κ2) is 3.27. The van der Waals surface area contributed by atoms with Crippen molar-refractivity contribution in [2.24, 2.45) is 0 Å². The molecule has 0 aliphatic heterocycles. The van der Waals surface area contributed by atoms with Gasteiger partial charge >= 0.3 is 0 Å². The zero-order valence-electron chi connectivity index (χ0n) is 6.48. The Kier molecular flexibility index (Phi) is 2.70. The van der Waals surface area contributed by atoms with Gasteiger partial charge in [0.15, 0.2) is 0 Å². The van der Waals surface area contributed by atoms with E-state index in [1.165, 1.54) is 0 Å². The van der Waals surface area contributed by atoms with Crippen molar-refractivity contribution in [1.29, 1.82) is 0 Å². The molecule has 0 aliphatic rings. The van der Waals surface area contributed by atoms with Crippen LogP contribution in [0.3, 0.4) is 0 Å². The van der Waals surface area contributed by atoms with Crippen LogP contribution in [0.1, 0.15) is 13.8 Å². The molecule has 1 aromatic heterocycles. The summed E-state index contributed by atoms with van der Waals surface area (Å²) in [6, 6.07) is 0. The van der Waals surface area contributed by atoms with E-state index in [0.717, 1.165) is 11.5 Å². The normalized spacial score (nSPS) is 12.3. The first-order valence-electron chi connectivity index (χ1n) is 3.17. The largest absolute Gasteiger partial charge is 0.235 e. The summed E-state index contributed by atoms with van der Waals surface area (Å²) in [6.07, 6.45) is 0. The van der Waals surface area contributed by atoms with Gasteiger partial charge in [0.05, 0.1) is 5.25 Å². The minimum Gasteiger partial charge on any atom is -0.221 e. The molecule has 0 saturated heterocycles. The van der Waals surface area contributed by atoms with Gasteiger partial charge in [0, 0.05) is 0 Å². The molecule has 0 bridgehead atoms. The van der Waals surface area contributed by atoms with Crippen molar-refractivity contribution < 1.29 is 8.42 Å². The van der Waals surface area contributed by atoms with Crippen LogP contribution in [-0.4, -0.2) is 23.0 Å². The number of hydrogen-bond acceptors (Lipinski definition) is 5. The Morgan fingerprint density at radius 2 is 2.08 bits per heavy atom. The number of rotatable bonds is 2. The highest BCUT2D eigenvalue weighted by molar-refractivity contribution is 7.93. The highest BCUT2D eigenvalue weighted by Crippen LogP contribution is 2.19.